The number of nitrogens with zero attached hydrogens (tertiary/aromatic N) is 4. The minimum Gasteiger partial charge on any atom is -0.493 e. The van der Waals surface area contributed by atoms with E-state index in [1.165, 1.54) is 0 Å². The molecule has 166 valence electrons. The Morgan fingerprint density at radius 1 is 1.12 bits per heavy atom. The molecule has 0 bridgehead atoms. The lowest BCUT2D eigenvalue weighted by molar-refractivity contribution is 0.174. The second kappa shape index (κ2) is 8.95. The van der Waals surface area contributed by atoms with Crippen LogP contribution in [0.4, 0.5) is 0 Å². The number of rotatable bonds is 5. The van der Waals surface area contributed by atoms with Gasteiger partial charge in [0.15, 0.2) is 16.9 Å². The average molecular weight is 432 g/mol. The maximum atomic E-state index is 10.2. The molecule has 3 rings (SSSR count). The number of ether oxygens (including phenoxy) is 2. The quantitative estimate of drug-likeness (QED) is 0.756. The third-order valence-corrected chi connectivity index (χ3v) is 6.33. The van der Waals surface area contributed by atoms with Gasteiger partial charge >= 0.3 is 0 Å². The first kappa shape index (κ1) is 23.2. The number of hydrogen-bond donors (Lipinski definition) is 1. The van der Waals surface area contributed by atoms with Crippen molar-refractivity contribution in [3.8, 4) is 29.7 Å². The molecule has 0 saturated carbocycles. The Morgan fingerprint density at radius 2 is 1.81 bits per heavy atom. The second-order valence-electron chi connectivity index (χ2n) is 8.80. The third kappa shape index (κ3) is 3.68. The smallest absolute Gasteiger partial charge is 0.191 e. The molecular weight excluding hydrogens is 402 g/mol. The van der Waals surface area contributed by atoms with Crippen LogP contribution in [0.15, 0.2) is 41.1 Å². The standard InChI is InChI=1S/C25H29N5O2/c1-15(2)30-9-8-18-19(11-26)24(29)25(13-27,14-28)23(20(18)12-30)17-6-7-21(32-16(3)4)22(10-17)31-5/h6-8,10,15-16,20,23H,9,12,29H2,1-5H3/t20-,23-/m1/s1. The molecule has 0 aromatic heterocycles. The van der Waals surface area contributed by atoms with Crippen molar-refractivity contribution >= 4 is 0 Å². The van der Waals surface area contributed by atoms with E-state index in [9.17, 15) is 15.8 Å². The van der Waals surface area contributed by atoms with Crippen LogP contribution in [0.25, 0.3) is 0 Å². The van der Waals surface area contributed by atoms with Crippen molar-refractivity contribution in [1.29, 1.82) is 15.8 Å². The first-order valence-corrected chi connectivity index (χ1v) is 10.8. The highest BCUT2D eigenvalue weighted by Gasteiger charge is 2.54. The number of nitriles is 3. The molecule has 1 heterocycles. The van der Waals surface area contributed by atoms with Crippen LogP contribution in [0.5, 0.6) is 11.5 Å². The van der Waals surface area contributed by atoms with E-state index in [2.05, 4.69) is 37.0 Å². The largest absolute Gasteiger partial charge is 0.493 e. The van der Waals surface area contributed by atoms with E-state index in [0.717, 1.165) is 11.1 Å². The van der Waals surface area contributed by atoms with Gasteiger partial charge in [0.2, 0.25) is 0 Å². The SMILES string of the molecule is COc1cc([C@@H]2[C@@H]3CN(C(C)C)CC=C3C(C#N)=C(N)C2(C#N)C#N)ccc1OC(C)C. The van der Waals surface area contributed by atoms with Gasteiger partial charge < -0.3 is 15.2 Å². The van der Waals surface area contributed by atoms with Gasteiger partial charge in [-0.3, -0.25) is 4.90 Å². The fourth-order valence-electron chi connectivity index (χ4n) is 4.73. The van der Waals surface area contributed by atoms with E-state index in [1.807, 2.05) is 32.1 Å². The summed E-state index contributed by atoms with van der Waals surface area (Å²) in [5, 5.41) is 30.3. The molecule has 1 aliphatic carbocycles. The molecule has 0 saturated heterocycles. The Hall–Kier alpha value is -3.47. The van der Waals surface area contributed by atoms with E-state index >= 15 is 0 Å². The molecule has 7 heteroatoms. The number of nitrogens with two attached hydrogens (primary N) is 1. The molecule has 32 heavy (non-hydrogen) atoms. The van der Waals surface area contributed by atoms with Crippen molar-refractivity contribution < 1.29 is 9.47 Å². The van der Waals surface area contributed by atoms with Crippen molar-refractivity contribution in [2.24, 2.45) is 17.1 Å². The monoisotopic (exact) mass is 431 g/mol. The minimum absolute atomic E-state index is 0.0250. The van der Waals surface area contributed by atoms with Crippen LogP contribution in [-0.4, -0.2) is 37.2 Å². The summed E-state index contributed by atoms with van der Waals surface area (Å²) in [5.41, 5.74) is 6.56. The van der Waals surface area contributed by atoms with Gasteiger partial charge in [0, 0.05) is 31.0 Å². The van der Waals surface area contributed by atoms with Gasteiger partial charge in [0.1, 0.15) is 6.07 Å². The van der Waals surface area contributed by atoms with Crippen LogP contribution in [0.1, 0.15) is 39.2 Å². The topological polar surface area (TPSA) is 119 Å². The zero-order valence-corrected chi connectivity index (χ0v) is 19.2. The van der Waals surface area contributed by atoms with Gasteiger partial charge in [-0.2, -0.15) is 15.8 Å². The highest BCUT2D eigenvalue weighted by molar-refractivity contribution is 5.60. The minimum atomic E-state index is -1.67. The van der Waals surface area contributed by atoms with Crippen molar-refractivity contribution in [1.82, 2.24) is 4.90 Å². The Balaban J connectivity index is 2.26. The Morgan fingerprint density at radius 3 is 2.34 bits per heavy atom. The predicted molar refractivity (Wildman–Crippen MR) is 120 cm³/mol. The third-order valence-electron chi connectivity index (χ3n) is 6.33. The molecule has 0 spiro atoms. The van der Waals surface area contributed by atoms with E-state index in [0.29, 0.717) is 24.6 Å². The van der Waals surface area contributed by atoms with E-state index in [4.69, 9.17) is 15.2 Å². The zero-order chi connectivity index (χ0) is 23.6. The molecule has 1 aromatic rings. The summed E-state index contributed by atoms with van der Waals surface area (Å²) in [6.07, 6.45) is 1.98. The summed E-state index contributed by atoms with van der Waals surface area (Å²) in [4.78, 5) is 2.27. The first-order chi connectivity index (χ1) is 15.2. The van der Waals surface area contributed by atoms with Crippen LogP contribution in [-0.2, 0) is 0 Å². The van der Waals surface area contributed by atoms with Gasteiger partial charge in [-0.1, -0.05) is 12.1 Å². The summed E-state index contributed by atoms with van der Waals surface area (Å²) in [5.74, 6) is 0.307. The zero-order valence-electron chi connectivity index (χ0n) is 19.2. The van der Waals surface area contributed by atoms with Gasteiger partial charge in [-0.15, -0.1) is 0 Å². The Kier molecular flexibility index (Phi) is 6.49. The fraction of sp³-hybridized carbons (Fsp3) is 0.480. The van der Waals surface area contributed by atoms with Crippen LogP contribution < -0.4 is 15.2 Å². The normalized spacial score (nSPS) is 22.4. The summed E-state index contributed by atoms with van der Waals surface area (Å²) in [7, 11) is 1.56. The van der Waals surface area contributed by atoms with Gasteiger partial charge in [0.25, 0.3) is 0 Å². The molecule has 0 amide bonds. The van der Waals surface area contributed by atoms with Crippen LogP contribution in [0.3, 0.4) is 0 Å². The lowest BCUT2D eigenvalue weighted by Crippen LogP contribution is -2.49. The van der Waals surface area contributed by atoms with Gasteiger partial charge in [-0.05, 0) is 51.0 Å². The summed E-state index contributed by atoms with van der Waals surface area (Å²) >= 11 is 0. The number of allylic oxidation sites excluding steroid dienone is 2. The highest BCUT2D eigenvalue weighted by Crippen LogP contribution is 2.55. The van der Waals surface area contributed by atoms with Crippen molar-refractivity contribution in [3.05, 3.63) is 46.7 Å². The number of methoxy groups -OCH3 is 1. The summed E-state index contributed by atoms with van der Waals surface area (Å²) in [6.45, 7) is 9.37. The summed E-state index contributed by atoms with van der Waals surface area (Å²) < 4.78 is 11.4. The van der Waals surface area contributed by atoms with E-state index < -0.39 is 11.3 Å². The fourth-order valence-corrected chi connectivity index (χ4v) is 4.73. The molecule has 1 aliphatic heterocycles. The highest BCUT2D eigenvalue weighted by atomic mass is 16.5. The maximum Gasteiger partial charge on any atom is 0.191 e. The van der Waals surface area contributed by atoms with Crippen LogP contribution in [0, 0.1) is 45.3 Å². The number of fused-ring (bicyclic) bond motifs is 1. The van der Waals surface area contributed by atoms with Gasteiger partial charge in [-0.25, -0.2) is 0 Å². The molecule has 0 unspecified atom stereocenters. The van der Waals surface area contributed by atoms with Crippen LogP contribution in [0.2, 0.25) is 0 Å². The number of benzene rings is 1. The predicted octanol–water partition coefficient (Wildman–Crippen LogP) is 3.62. The molecule has 2 aliphatic rings. The maximum absolute atomic E-state index is 10.2. The lowest BCUT2D eigenvalue weighted by Gasteiger charge is -2.46. The molecule has 2 N–H and O–H groups in total. The summed E-state index contributed by atoms with van der Waals surface area (Å²) in [6, 6.07) is 12.3. The number of hydrogen-bond acceptors (Lipinski definition) is 7. The molecule has 0 fully saturated rings. The molecular formula is C25H29N5O2. The molecule has 7 nitrogen and oxygen atoms in total. The van der Waals surface area contributed by atoms with Crippen molar-refractivity contribution in [2.45, 2.75) is 45.8 Å². The molecule has 0 radical (unpaired) electrons. The second-order valence-corrected chi connectivity index (χ2v) is 8.80. The van der Waals surface area contributed by atoms with E-state index in [1.54, 1.807) is 13.2 Å². The Labute approximate surface area is 189 Å². The van der Waals surface area contributed by atoms with E-state index in [-0.39, 0.29) is 29.3 Å². The Bertz CT molecular complexity index is 1070. The first-order valence-electron chi connectivity index (χ1n) is 10.8. The lowest BCUT2D eigenvalue weighted by atomic mass is 9.58. The van der Waals surface area contributed by atoms with Crippen molar-refractivity contribution in [2.75, 3.05) is 20.2 Å². The van der Waals surface area contributed by atoms with Crippen LogP contribution >= 0.6 is 0 Å². The molecule has 1 aromatic carbocycles. The average Bonchev–Trinajstić information content (AvgIpc) is 2.78. The van der Waals surface area contributed by atoms with Gasteiger partial charge in [0.05, 0.1) is 36.6 Å². The van der Waals surface area contributed by atoms with Crippen molar-refractivity contribution in [3.63, 3.8) is 0 Å². The molecule has 2 atom stereocenters.